The van der Waals surface area contributed by atoms with Gasteiger partial charge in [0.05, 0.1) is 0 Å². The summed E-state index contributed by atoms with van der Waals surface area (Å²) in [4.78, 5) is 38.0. The molecule has 0 aromatic carbocycles. The van der Waals surface area contributed by atoms with E-state index < -0.39 is 6.10 Å². The zero-order valence-electron chi connectivity index (χ0n) is 41.4. The highest BCUT2D eigenvalue weighted by molar-refractivity contribution is 5.71. The highest BCUT2D eigenvalue weighted by atomic mass is 16.6. The summed E-state index contributed by atoms with van der Waals surface area (Å²) in [6.45, 7) is 6.18. The maximum Gasteiger partial charge on any atom is 0.306 e. The van der Waals surface area contributed by atoms with E-state index in [0.717, 1.165) is 141 Å². The summed E-state index contributed by atoms with van der Waals surface area (Å²) >= 11 is 0. The standard InChI is InChI=1S/C59H92O6/c1-4-7-10-13-16-19-22-25-27-28-29-30-32-34-37-40-43-46-49-52-58(61)64-55-56(54-63-57(60)51-48-45-42-39-36-33-24-21-18-15-12-9-6-3)65-59(62)53-50-47-44-41-38-35-31-26-23-20-17-14-11-8-5-2/h7-12,14-21,23-25,27,29-30,34,37,56H,4-6,13,22,26,28,31-33,35-36,38-55H2,1-3H3/b10-7-,11-8-,12-9-,17-14-,18-15-,19-16-,23-20-,24-21-,27-25-,30-29-,37-34-. The summed E-state index contributed by atoms with van der Waals surface area (Å²) in [5.41, 5.74) is 0. The maximum atomic E-state index is 12.8. The molecule has 0 spiro atoms. The van der Waals surface area contributed by atoms with Gasteiger partial charge in [-0.2, -0.15) is 0 Å². The molecule has 0 bridgehead atoms. The SMILES string of the molecule is CC\C=C/C=C\C=C/CCCCCCCCCC(=O)OC(COC(=O)CCCCC/C=C\C/C=C\C/C=C\C/C=C\C/C=C\CC)COC(=O)CCCCCCC\C=C/C=C\C=C/CC. The molecule has 0 fully saturated rings. The van der Waals surface area contributed by atoms with Crippen LogP contribution < -0.4 is 0 Å². The minimum atomic E-state index is -0.811. The molecular formula is C59H92O6. The largest absolute Gasteiger partial charge is 0.462 e. The van der Waals surface area contributed by atoms with Gasteiger partial charge >= 0.3 is 17.9 Å². The van der Waals surface area contributed by atoms with Gasteiger partial charge in [-0.3, -0.25) is 14.4 Å². The van der Waals surface area contributed by atoms with Crippen LogP contribution in [0.5, 0.6) is 0 Å². The Morgan fingerprint density at radius 3 is 1.05 bits per heavy atom. The van der Waals surface area contributed by atoms with Crippen molar-refractivity contribution in [3.05, 3.63) is 134 Å². The van der Waals surface area contributed by atoms with Gasteiger partial charge in [-0.15, -0.1) is 0 Å². The topological polar surface area (TPSA) is 78.9 Å². The first-order valence-corrected chi connectivity index (χ1v) is 25.8. The van der Waals surface area contributed by atoms with Crippen molar-refractivity contribution in [3.63, 3.8) is 0 Å². The van der Waals surface area contributed by atoms with E-state index in [1.54, 1.807) is 0 Å². The molecule has 0 aromatic rings. The van der Waals surface area contributed by atoms with Gasteiger partial charge in [-0.05, 0) is 103 Å². The Hall–Kier alpha value is -4.45. The van der Waals surface area contributed by atoms with Crippen LogP contribution in [0.25, 0.3) is 0 Å². The molecule has 0 radical (unpaired) electrons. The Bertz CT molecular complexity index is 1450. The van der Waals surface area contributed by atoms with Crippen LogP contribution in [-0.4, -0.2) is 37.2 Å². The fourth-order valence-electron chi connectivity index (χ4n) is 6.47. The van der Waals surface area contributed by atoms with E-state index in [9.17, 15) is 14.4 Å². The van der Waals surface area contributed by atoms with Crippen LogP contribution in [0.15, 0.2) is 134 Å². The molecule has 364 valence electrons. The number of rotatable bonds is 44. The van der Waals surface area contributed by atoms with Crippen molar-refractivity contribution in [2.45, 2.75) is 207 Å². The number of ether oxygens (including phenoxy) is 3. The number of carbonyl (C=O) groups is 3. The van der Waals surface area contributed by atoms with Crippen molar-refractivity contribution in [2.75, 3.05) is 13.2 Å². The van der Waals surface area contributed by atoms with Crippen LogP contribution in [0.3, 0.4) is 0 Å². The Balaban J connectivity index is 4.51. The minimum absolute atomic E-state index is 0.110. The molecule has 1 unspecified atom stereocenters. The van der Waals surface area contributed by atoms with Gasteiger partial charge < -0.3 is 14.2 Å². The molecule has 6 heteroatoms. The number of hydrogen-bond acceptors (Lipinski definition) is 6. The summed E-state index contributed by atoms with van der Waals surface area (Å²) < 4.78 is 16.7. The zero-order chi connectivity index (χ0) is 47.2. The molecule has 1 atom stereocenters. The molecule has 0 aliphatic heterocycles. The number of hydrogen-bond donors (Lipinski definition) is 0. The number of esters is 3. The third kappa shape index (κ3) is 50.4. The summed E-state index contributed by atoms with van der Waals surface area (Å²) in [7, 11) is 0. The Morgan fingerprint density at radius 2 is 0.631 bits per heavy atom. The van der Waals surface area contributed by atoms with Crippen LogP contribution in [0.2, 0.25) is 0 Å². The highest BCUT2D eigenvalue weighted by Gasteiger charge is 2.19. The second-order valence-electron chi connectivity index (χ2n) is 16.4. The van der Waals surface area contributed by atoms with Gasteiger partial charge in [0.25, 0.3) is 0 Å². The summed E-state index contributed by atoms with van der Waals surface area (Å²) in [6.07, 6.45) is 72.9. The normalized spacial score (nSPS) is 13.2. The Kier molecular flexibility index (Phi) is 48.6. The van der Waals surface area contributed by atoms with E-state index in [0.29, 0.717) is 19.3 Å². The molecule has 0 saturated heterocycles. The summed E-state index contributed by atoms with van der Waals surface area (Å²) in [5, 5.41) is 0. The maximum absolute atomic E-state index is 12.8. The first-order chi connectivity index (χ1) is 32.0. The first kappa shape index (κ1) is 60.5. The Labute approximate surface area is 398 Å². The molecule has 0 aliphatic rings. The van der Waals surface area contributed by atoms with Gasteiger partial charge in [0.15, 0.2) is 6.10 Å². The molecule has 6 nitrogen and oxygen atoms in total. The van der Waals surface area contributed by atoms with E-state index in [1.807, 2.05) is 0 Å². The Morgan fingerprint density at radius 1 is 0.323 bits per heavy atom. The van der Waals surface area contributed by atoms with Gasteiger partial charge in [-0.1, -0.05) is 212 Å². The molecule has 0 rings (SSSR count). The molecule has 0 N–H and O–H groups in total. The summed E-state index contributed by atoms with van der Waals surface area (Å²) in [5.74, 6) is -0.984. The predicted octanol–water partition coefficient (Wildman–Crippen LogP) is 17.1. The number of allylic oxidation sites excluding steroid dienone is 22. The average molecular weight is 897 g/mol. The second kappa shape index (κ2) is 52.2. The fraction of sp³-hybridized carbons (Fsp3) is 0.576. The van der Waals surface area contributed by atoms with Crippen LogP contribution in [0.1, 0.15) is 201 Å². The minimum Gasteiger partial charge on any atom is -0.462 e. The molecule has 0 aliphatic carbocycles. The highest BCUT2D eigenvalue weighted by Crippen LogP contribution is 2.13. The van der Waals surface area contributed by atoms with Crippen LogP contribution in [0.4, 0.5) is 0 Å². The van der Waals surface area contributed by atoms with Crippen LogP contribution in [-0.2, 0) is 28.6 Å². The molecule has 0 saturated carbocycles. The lowest BCUT2D eigenvalue weighted by Gasteiger charge is -2.18. The van der Waals surface area contributed by atoms with E-state index in [2.05, 4.69) is 154 Å². The van der Waals surface area contributed by atoms with E-state index in [-0.39, 0.29) is 31.1 Å². The summed E-state index contributed by atoms with van der Waals surface area (Å²) in [6, 6.07) is 0. The molecule has 0 amide bonds. The van der Waals surface area contributed by atoms with Crippen LogP contribution in [0, 0.1) is 0 Å². The van der Waals surface area contributed by atoms with Crippen molar-refractivity contribution in [2.24, 2.45) is 0 Å². The first-order valence-electron chi connectivity index (χ1n) is 25.8. The average Bonchev–Trinajstić information content (AvgIpc) is 3.30. The lowest BCUT2D eigenvalue weighted by molar-refractivity contribution is -0.167. The van der Waals surface area contributed by atoms with Gasteiger partial charge in [-0.25, -0.2) is 0 Å². The molecule has 0 heterocycles. The predicted molar refractivity (Wildman–Crippen MR) is 279 cm³/mol. The van der Waals surface area contributed by atoms with Crippen molar-refractivity contribution in [3.8, 4) is 0 Å². The fourth-order valence-corrected chi connectivity index (χ4v) is 6.47. The van der Waals surface area contributed by atoms with Gasteiger partial charge in [0, 0.05) is 19.3 Å². The molecule has 65 heavy (non-hydrogen) atoms. The van der Waals surface area contributed by atoms with Crippen molar-refractivity contribution in [1.82, 2.24) is 0 Å². The van der Waals surface area contributed by atoms with Gasteiger partial charge in [0.1, 0.15) is 13.2 Å². The molecular weight excluding hydrogens is 805 g/mol. The third-order valence-corrected chi connectivity index (χ3v) is 10.3. The monoisotopic (exact) mass is 897 g/mol. The van der Waals surface area contributed by atoms with E-state index >= 15 is 0 Å². The van der Waals surface area contributed by atoms with Gasteiger partial charge in [0.2, 0.25) is 0 Å². The second-order valence-corrected chi connectivity index (χ2v) is 16.4. The zero-order valence-corrected chi connectivity index (χ0v) is 41.4. The lowest BCUT2D eigenvalue weighted by Crippen LogP contribution is -2.30. The third-order valence-electron chi connectivity index (χ3n) is 10.3. The van der Waals surface area contributed by atoms with E-state index in [4.69, 9.17) is 14.2 Å². The number of carbonyl (C=O) groups excluding carboxylic acids is 3. The molecule has 0 aromatic heterocycles. The smallest absolute Gasteiger partial charge is 0.306 e. The van der Waals surface area contributed by atoms with Crippen molar-refractivity contribution < 1.29 is 28.6 Å². The van der Waals surface area contributed by atoms with E-state index in [1.165, 1.54) is 19.3 Å². The van der Waals surface area contributed by atoms with Crippen molar-refractivity contribution in [1.29, 1.82) is 0 Å². The number of unbranched alkanes of at least 4 members (excludes halogenated alkanes) is 15. The van der Waals surface area contributed by atoms with Crippen molar-refractivity contribution >= 4 is 17.9 Å². The van der Waals surface area contributed by atoms with Crippen LogP contribution >= 0.6 is 0 Å². The lowest BCUT2D eigenvalue weighted by atomic mass is 10.1. The quantitative estimate of drug-likeness (QED) is 0.0199.